The number of benzene rings is 2. The van der Waals surface area contributed by atoms with Gasteiger partial charge in [-0.2, -0.15) is 0 Å². The van der Waals surface area contributed by atoms with E-state index in [1.165, 1.54) is 19.1 Å². The lowest BCUT2D eigenvalue weighted by Gasteiger charge is -2.19. The molecule has 2 amide bonds. The summed E-state index contributed by atoms with van der Waals surface area (Å²) in [5.41, 5.74) is 1.62. The molecular formula is C27H28N2O6. The number of anilines is 1. The smallest absolute Gasteiger partial charge is 0.412 e. The number of nitrogens with one attached hydrogen (secondary N) is 2. The van der Waals surface area contributed by atoms with Gasteiger partial charge < -0.3 is 20.3 Å². The fourth-order valence-electron chi connectivity index (χ4n) is 2.76. The van der Waals surface area contributed by atoms with Crippen LogP contribution in [0.4, 0.5) is 10.5 Å². The monoisotopic (exact) mass is 476 g/mol. The van der Waals surface area contributed by atoms with Crippen molar-refractivity contribution < 1.29 is 29.3 Å². The molecule has 8 nitrogen and oxygen atoms in total. The minimum atomic E-state index is -1.19. The average Bonchev–Trinajstić information content (AvgIpc) is 2.79. The van der Waals surface area contributed by atoms with Crippen molar-refractivity contribution >= 4 is 23.5 Å². The molecule has 4 N–H and O–H groups in total. The Balaban J connectivity index is 1.96. The zero-order valence-corrected chi connectivity index (χ0v) is 20.0. The van der Waals surface area contributed by atoms with Crippen LogP contribution < -0.4 is 10.6 Å². The average molecular weight is 477 g/mol. The molecule has 0 aliphatic rings. The molecule has 2 atom stereocenters. The molecule has 0 radical (unpaired) electrons. The van der Waals surface area contributed by atoms with E-state index in [-0.39, 0.29) is 5.56 Å². The summed E-state index contributed by atoms with van der Waals surface area (Å²) in [6.07, 6.45) is -1.67. The van der Waals surface area contributed by atoms with Crippen LogP contribution >= 0.6 is 0 Å². The van der Waals surface area contributed by atoms with Gasteiger partial charge in [0.1, 0.15) is 18.2 Å². The molecule has 0 aromatic heterocycles. The van der Waals surface area contributed by atoms with Gasteiger partial charge in [-0.25, -0.2) is 4.79 Å². The van der Waals surface area contributed by atoms with Crippen molar-refractivity contribution in [1.82, 2.24) is 5.32 Å². The van der Waals surface area contributed by atoms with E-state index >= 15 is 0 Å². The predicted octanol–water partition coefficient (Wildman–Crippen LogP) is 2.48. The Morgan fingerprint density at radius 2 is 1.46 bits per heavy atom. The van der Waals surface area contributed by atoms with Crippen LogP contribution in [0.3, 0.4) is 0 Å². The first-order valence-corrected chi connectivity index (χ1v) is 10.8. The van der Waals surface area contributed by atoms with Crippen LogP contribution in [0.5, 0.6) is 0 Å². The van der Waals surface area contributed by atoms with Crippen molar-refractivity contribution in [3.63, 3.8) is 0 Å². The molecule has 0 bridgehead atoms. The highest BCUT2D eigenvalue weighted by molar-refractivity contribution is 5.98. The van der Waals surface area contributed by atoms with Crippen LogP contribution in [-0.2, 0) is 9.53 Å². The van der Waals surface area contributed by atoms with E-state index in [0.29, 0.717) is 16.8 Å². The van der Waals surface area contributed by atoms with Crippen molar-refractivity contribution in [3.8, 4) is 23.7 Å². The van der Waals surface area contributed by atoms with Gasteiger partial charge in [0.05, 0.1) is 6.10 Å². The van der Waals surface area contributed by atoms with Gasteiger partial charge >= 0.3 is 6.09 Å². The molecule has 2 aromatic carbocycles. The van der Waals surface area contributed by atoms with E-state index in [0.717, 1.165) is 0 Å². The summed E-state index contributed by atoms with van der Waals surface area (Å²) in [6, 6.07) is 12.1. The molecular weight excluding hydrogens is 448 g/mol. The highest BCUT2D eigenvalue weighted by Gasteiger charge is 2.25. The normalized spacial score (nSPS) is 12.1. The van der Waals surface area contributed by atoms with Crippen molar-refractivity contribution in [2.75, 3.05) is 11.9 Å². The van der Waals surface area contributed by atoms with E-state index < -0.39 is 42.1 Å². The molecule has 0 unspecified atom stereocenters. The van der Waals surface area contributed by atoms with E-state index in [1.54, 1.807) is 57.2 Å². The molecule has 0 aliphatic heterocycles. The SMILES string of the molecule is C[C@@H](O)[C@H](NC(=O)c1ccc(C#CC#Cc2ccc(NC(=O)OC(C)(C)C)cc2)cc1)C(=O)CO. The molecule has 35 heavy (non-hydrogen) atoms. The second kappa shape index (κ2) is 12.4. The maximum atomic E-state index is 12.3. The lowest BCUT2D eigenvalue weighted by atomic mass is 10.1. The number of hydrogen-bond acceptors (Lipinski definition) is 6. The summed E-state index contributed by atoms with van der Waals surface area (Å²) in [5, 5.41) is 23.7. The minimum Gasteiger partial charge on any atom is -0.444 e. The molecule has 0 aliphatic carbocycles. The second-order valence-corrected chi connectivity index (χ2v) is 8.60. The molecule has 0 saturated heterocycles. The molecule has 0 saturated carbocycles. The van der Waals surface area contributed by atoms with Gasteiger partial charge in [-0.05, 0) is 88.1 Å². The Bertz CT molecular complexity index is 1170. The molecule has 2 aromatic rings. The third kappa shape index (κ3) is 9.34. The van der Waals surface area contributed by atoms with Gasteiger partial charge in [0.15, 0.2) is 5.78 Å². The fraction of sp³-hybridized carbons (Fsp3) is 0.296. The largest absolute Gasteiger partial charge is 0.444 e. The Kier molecular flexibility index (Phi) is 9.60. The van der Waals surface area contributed by atoms with Gasteiger partial charge in [0.2, 0.25) is 0 Å². The topological polar surface area (TPSA) is 125 Å². The third-order valence-electron chi connectivity index (χ3n) is 4.43. The van der Waals surface area contributed by atoms with Gasteiger partial charge in [0, 0.05) is 22.4 Å². The number of aliphatic hydroxyl groups is 2. The number of rotatable bonds is 6. The minimum absolute atomic E-state index is 0.276. The lowest BCUT2D eigenvalue weighted by molar-refractivity contribution is -0.125. The Labute approximate surface area is 204 Å². The van der Waals surface area contributed by atoms with Gasteiger partial charge in [0.25, 0.3) is 5.91 Å². The summed E-state index contributed by atoms with van der Waals surface area (Å²) in [4.78, 5) is 35.8. The Morgan fingerprint density at radius 1 is 0.943 bits per heavy atom. The summed E-state index contributed by atoms with van der Waals surface area (Å²) in [6.45, 7) is 5.94. The van der Waals surface area contributed by atoms with Crippen LogP contribution in [0.15, 0.2) is 48.5 Å². The molecule has 0 fully saturated rings. The van der Waals surface area contributed by atoms with Crippen LogP contribution in [0.2, 0.25) is 0 Å². The first-order chi connectivity index (χ1) is 16.5. The third-order valence-corrected chi connectivity index (χ3v) is 4.43. The number of carbonyl (C=O) groups excluding carboxylic acids is 3. The van der Waals surface area contributed by atoms with Crippen molar-refractivity contribution in [1.29, 1.82) is 0 Å². The van der Waals surface area contributed by atoms with Crippen molar-refractivity contribution in [2.45, 2.75) is 45.4 Å². The summed E-state index contributed by atoms with van der Waals surface area (Å²) in [7, 11) is 0. The molecule has 0 heterocycles. The number of Topliss-reactive ketones (excluding diaryl/α,β-unsaturated/α-hetero) is 1. The van der Waals surface area contributed by atoms with Gasteiger partial charge in [-0.15, -0.1) is 0 Å². The van der Waals surface area contributed by atoms with Crippen LogP contribution in [0, 0.1) is 23.7 Å². The van der Waals surface area contributed by atoms with Crippen LogP contribution in [0.1, 0.15) is 49.2 Å². The fourth-order valence-corrected chi connectivity index (χ4v) is 2.76. The summed E-state index contributed by atoms with van der Waals surface area (Å²) in [5.74, 6) is 10.0. The van der Waals surface area contributed by atoms with E-state index in [1.807, 2.05) is 0 Å². The summed E-state index contributed by atoms with van der Waals surface area (Å²) >= 11 is 0. The Morgan fingerprint density at radius 3 is 1.91 bits per heavy atom. The Hall–Kier alpha value is -4.11. The maximum Gasteiger partial charge on any atom is 0.412 e. The first-order valence-electron chi connectivity index (χ1n) is 10.8. The van der Waals surface area contributed by atoms with E-state index in [4.69, 9.17) is 9.84 Å². The second-order valence-electron chi connectivity index (χ2n) is 8.60. The molecule has 0 spiro atoms. The number of aliphatic hydroxyl groups excluding tert-OH is 2. The number of ketones is 1. The van der Waals surface area contributed by atoms with E-state index in [2.05, 4.69) is 34.3 Å². The number of carbonyl (C=O) groups is 3. The molecule has 8 heteroatoms. The number of ether oxygens (including phenoxy) is 1. The highest BCUT2D eigenvalue weighted by atomic mass is 16.6. The maximum absolute atomic E-state index is 12.3. The standard InChI is InChI=1S/C27H28N2O6/c1-18(31)24(23(32)17-30)29-25(33)21-13-9-19(10-14-21)7-5-6-8-20-11-15-22(16-12-20)28-26(34)35-27(2,3)4/h9-16,18,24,30-31H,17H2,1-4H3,(H,28,34)(H,29,33)/t18-,24+/m1/s1. The number of amides is 2. The van der Waals surface area contributed by atoms with Crippen molar-refractivity contribution in [2.24, 2.45) is 0 Å². The van der Waals surface area contributed by atoms with Gasteiger partial charge in [-0.1, -0.05) is 11.8 Å². The van der Waals surface area contributed by atoms with Crippen molar-refractivity contribution in [3.05, 3.63) is 65.2 Å². The van der Waals surface area contributed by atoms with Crippen LogP contribution in [-0.4, -0.2) is 52.4 Å². The quantitative estimate of drug-likeness (QED) is 0.475. The zero-order valence-electron chi connectivity index (χ0n) is 20.0. The predicted molar refractivity (Wildman–Crippen MR) is 132 cm³/mol. The first kappa shape index (κ1) is 27.1. The summed E-state index contributed by atoms with van der Waals surface area (Å²) < 4.78 is 5.20. The van der Waals surface area contributed by atoms with Crippen LogP contribution in [0.25, 0.3) is 0 Å². The molecule has 2 rings (SSSR count). The zero-order chi connectivity index (χ0) is 26.0. The van der Waals surface area contributed by atoms with Gasteiger partial charge in [-0.3, -0.25) is 14.9 Å². The lowest BCUT2D eigenvalue weighted by Crippen LogP contribution is -2.48. The number of hydrogen-bond donors (Lipinski definition) is 4. The molecule has 182 valence electrons. The highest BCUT2D eigenvalue weighted by Crippen LogP contribution is 2.12. The van der Waals surface area contributed by atoms with E-state index in [9.17, 15) is 19.5 Å².